The maximum absolute atomic E-state index is 12.9. The van der Waals surface area contributed by atoms with E-state index in [9.17, 15) is 19.4 Å². The summed E-state index contributed by atoms with van der Waals surface area (Å²) in [7, 11) is 1.31. The van der Waals surface area contributed by atoms with E-state index < -0.39 is 20.0 Å². The van der Waals surface area contributed by atoms with E-state index in [2.05, 4.69) is 43.5 Å². The number of nitrogens with zero attached hydrogens (tertiary/aromatic N) is 1. The largest absolute Gasteiger partial charge is 0.756 e. The van der Waals surface area contributed by atoms with Crippen LogP contribution in [0.25, 0.3) is 0 Å². The number of likely N-dealkylation sites (N-methyl/N-ethyl adjacent to an activating group) is 1. The molecule has 3 unspecified atom stereocenters. The number of aliphatic hydroxyl groups excluding tert-OH is 1. The fourth-order valence-corrected chi connectivity index (χ4v) is 8.32. The summed E-state index contributed by atoms with van der Waals surface area (Å²) in [5, 5.41) is 13.9. The SMILES string of the molecule is CCCCCCC/C=C\C/C=C\CCCCCCCCCCCCCCCCCC(=O)NC(COP(=O)([O-])OCC[N+](C)(C)C)C(O)CCCCCCCCCCCCC. The maximum Gasteiger partial charge on any atom is 0.268 e. The van der Waals surface area contributed by atoms with E-state index >= 15 is 0 Å². The van der Waals surface area contributed by atoms with Crippen LogP contribution < -0.4 is 10.2 Å². The first-order valence-electron chi connectivity index (χ1n) is 25.7. The van der Waals surface area contributed by atoms with Crippen molar-refractivity contribution in [1.82, 2.24) is 5.32 Å². The summed E-state index contributed by atoms with van der Waals surface area (Å²) in [5.41, 5.74) is 0. The van der Waals surface area contributed by atoms with Crippen molar-refractivity contribution in [2.24, 2.45) is 0 Å². The van der Waals surface area contributed by atoms with Gasteiger partial charge in [0.2, 0.25) is 5.91 Å². The van der Waals surface area contributed by atoms with Gasteiger partial charge in [-0.3, -0.25) is 9.36 Å². The van der Waals surface area contributed by atoms with Crippen molar-refractivity contribution in [2.45, 2.75) is 257 Å². The molecular formula is C51H101N2O6P. The zero-order chi connectivity index (χ0) is 44.3. The summed E-state index contributed by atoms with van der Waals surface area (Å²) < 4.78 is 23.3. The summed E-state index contributed by atoms with van der Waals surface area (Å²) in [5.74, 6) is -0.164. The Balaban J connectivity index is 4.08. The Bertz CT molecular complexity index is 1030. The van der Waals surface area contributed by atoms with Crippen molar-refractivity contribution < 1.29 is 32.9 Å². The van der Waals surface area contributed by atoms with Gasteiger partial charge >= 0.3 is 0 Å². The van der Waals surface area contributed by atoms with Crippen LogP contribution >= 0.6 is 7.82 Å². The van der Waals surface area contributed by atoms with Gasteiger partial charge in [-0.05, 0) is 44.9 Å². The lowest BCUT2D eigenvalue weighted by atomic mass is 10.0. The van der Waals surface area contributed by atoms with Gasteiger partial charge in [0.1, 0.15) is 13.2 Å². The predicted octanol–water partition coefficient (Wildman–Crippen LogP) is 14.2. The molecule has 0 spiro atoms. The highest BCUT2D eigenvalue weighted by molar-refractivity contribution is 7.45. The number of nitrogens with one attached hydrogen (secondary N) is 1. The van der Waals surface area contributed by atoms with Gasteiger partial charge in [-0.2, -0.15) is 0 Å². The third-order valence-corrected chi connectivity index (χ3v) is 12.7. The molecule has 0 aromatic rings. The second-order valence-corrected chi connectivity index (χ2v) is 20.3. The number of carbonyl (C=O) groups excluding carboxylic acids is 1. The van der Waals surface area contributed by atoms with Crippen molar-refractivity contribution in [1.29, 1.82) is 0 Å². The lowest BCUT2D eigenvalue weighted by Crippen LogP contribution is -2.46. The van der Waals surface area contributed by atoms with Crippen LogP contribution in [-0.2, 0) is 18.4 Å². The first-order chi connectivity index (χ1) is 29.0. The molecule has 0 aromatic heterocycles. The number of unbranched alkanes of at least 4 members (excludes halogenated alkanes) is 30. The molecule has 60 heavy (non-hydrogen) atoms. The summed E-state index contributed by atoms with van der Waals surface area (Å²) in [6.45, 7) is 4.71. The van der Waals surface area contributed by atoms with Gasteiger partial charge in [0.25, 0.3) is 7.82 Å². The minimum absolute atomic E-state index is 0.0135. The van der Waals surface area contributed by atoms with Gasteiger partial charge in [-0.25, -0.2) is 0 Å². The smallest absolute Gasteiger partial charge is 0.268 e. The first-order valence-corrected chi connectivity index (χ1v) is 27.1. The second-order valence-electron chi connectivity index (χ2n) is 18.9. The Labute approximate surface area is 373 Å². The number of allylic oxidation sites excluding steroid dienone is 4. The van der Waals surface area contributed by atoms with Crippen molar-refractivity contribution in [3.63, 3.8) is 0 Å². The predicted molar refractivity (Wildman–Crippen MR) is 256 cm³/mol. The summed E-state index contributed by atoms with van der Waals surface area (Å²) in [6, 6.07) is -0.797. The van der Waals surface area contributed by atoms with E-state index in [1.807, 2.05) is 21.1 Å². The lowest BCUT2D eigenvalue weighted by Gasteiger charge is -2.30. The van der Waals surface area contributed by atoms with Gasteiger partial charge in [0.05, 0.1) is 39.9 Å². The molecular weight excluding hydrogens is 768 g/mol. The highest BCUT2D eigenvalue weighted by Crippen LogP contribution is 2.38. The number of phosphoric ester groups is 1. The van der Waals surface area contributed by atoms with E-state index in [1.54, 1.807) is 0 Å². The van der Waals surface area contributed by atoms with Gasteiger partial charge in [-0.15, -0.1) is 0 Å². The molecule has 356 valence electrons. The average Bonchev–Trinajstić information content (AvgIpc) is 3.20. The van der Waals surface area contributed by atoms with E-state index in [-0.39, 0.29) is 19.1 Å². The Morgan fingerprint density at radius 2 is 0.967 bits per heavy atom. The van der Waals surface area contributed by atoms with Crippen LogP contribution in [-0.4, -0.2) is 68.5 Å². The molecule has 0 aliphatic heterocycles. The molecule has 8 nitrogen and oxygen atoms in total. The molecule has 0 aliphatic rings. The molecule has 2 N–H and O–H groups in total. The average molecular weight is 869 g/mol. The summed E-state index contributed by atoms with van der Waals surface area (Å²) in [6.07, 6.45) is 52.0. The van der Waals surface area contributed by atoms with Crippen LogP contribution in [0.5, 0.6) is 0 Å². The Hall–Kier alpha value is -1.02. The molecule has 9 heteroatoms. The molecule has 3 atom stereocenters. The molecule has 0 radical (unpaired) electrons. The van der Waals surface area contributed by atoms with Gasteiger partial charge in [0.15, 0.2) is 0 Å². The summed E-state index contributed by atoms with van der Waals surface area (Å²) in [4.78, 5) is 25.4. The number of hydrogen-bond donors (Lipinski definition) is 2. The summed E-state index contributed by atoms with van der Waals surface area (Å²) >= 11 is 0. The zero-order valence-electron chi connectivity index (χ0n) is 40.4. The minimum atomic E-state index is -4.56. The Morgan fingerprint density at radius 3 is 1.38 bits per heavy atom. The normalized spacial score (nSPS) is 14.3. The van der Waals surface area contributed by atoms with E-state index in [0.29, 0.717) is 23.9 Å². The quantitative estimate of drug-likeness (QED) is 0.0273. The Morgan fingerprint density at radius 1 is 0.583 bits per heavy atom. The van der Waals surface area contributed by atoms with E-state index in [4.69, 9.17) is 9.05 Å². The van der Waals surface area contributed by atoms with Crippen LogP contribution in [0.2, 0.25) is 0 Å². The van der Waals surface area contributed by atoms with E-state index in [1.165, 1.54) is 173 Å². The standard InChI is InChI=1S/C51H101N2O6P/c1-6-8-10-12-14-16-18-19-20-21-22-23-24-25-26-27-28-29-30-31-32-33-35-37-39-41-43-45-51(55)52-49(48-59-60(56,57)58-47-46-53(3,4)5)50(54)44-42-40-38-36-34-17-15-13-11-9-7-2/h18-19,21-22,49-50,54H,6-17,20,23-48H2,1-5H3,(H-,52,55,56,57)/b19-18-,22-21-. The van der Waals surface area contributed by atoms with Crippen LogP contribution in [0.3, 0.4) is 0 Å². The third-order valence-electron chi connectivity index (χ3n) is 11.7. The second kappa shape index (κ2) is 43.2. The number of phosphoric acid groups is 1. The van der Waals surface area contributed by atoms with Crippen molar-refractivity contribution in [3.05, 3.63) is 24.3 Å². The molecule has 0 bridgehead atoms. The third kappa shape index (κ3) is 45.0. The fourth-order valence-electron chi connectivity index (χ4n) is 7.60. The van der Waals surface area contributed by atoms with Crippen LogP contribution in [0.1, 0.15) is 245 Å². The number of amides is 1. The molecule has 0 aromatic carbocycles. The molecule has 1 amide bonds. The fraction of sp³-hybridized carbons (Fsp3) is 0.902. The zero-order valence-corrected chi connectivity index (χ0v) is 41.3. The number of rotatable bonds is 47. The van der Waals surface area contributed by atoms with Crippen molar-refractivity contribution >= 4 is 13.7 Å². The molecule has 0 aliphatic carbocycles. The van der Waals surface area contributed by atoms with E-state index in [0.717, 1.165) is 44.9 Å². The molecule has 0 fully saturated rings. The van der Waals surface area contributed by atoms with Crippen molar-refractivity contribution in [3.8, 4) is 0 Å². The van der Waals surface area contributed by atoms with Crippen molar-refractivity contribution in [2.75, 3.05) is 40.9 Å². The molecule has 0 rings (SSSR count). The first kappa shape index (κ1) is 59.0. The van der Waals surface area contributed by atoms with Gasteiger partial charge in [-0.1, -0.05) is 218 Å². The monoisotopic (exact) mass is 869 g/mol. The van der Waals surface area contributed by atoms with Crippen LogP contribution in [0.15, 0.2) is 24.3 Å². The van der Waals surface area contributed by atoms with Crippen LogP contribution in [0, 0.1) is 0 Å². The highest BCUT2D eigenvalue weighted by atomic mass is 31.2. The number of quaternary nitrogens is 1. The number of hydrogen-bond acceptors (Lipinski definition) is 6. The topological polar surface area (TPSA) is 108 Å². The lowest BCUT2D eigenvalue weighted by molar-refractivity contribution is -0.870. The van der Waals surface area contributed by atoms with Gasteiger partial charge < -0.3 is 28.8 Å². The number of carbonyl (C=O) groups is 1. The number of aliphatic hydroxyl groups is 1. The van der Waals surface area contributed by atoms with Gasteiger partial charge in [0, 0.05) is 6.42 Å². The van der Waals surface area contributed by atoms with Crippen LogP contribution in [0.4, 0.5) is 0 Å². The molecule has 0 saturated carbocycles. The highest BCUT2D eigenvalue weighted by Gasteiger charge is 2.24. The maximum atomic E-state index is 12.9. The minimum Gasteiger partial charge on any atom is -0.756 e. The Kier molecular flexibility index (Phi) is 42.5. The molecule has 0 heterocycles. The molecule has 0 saturated heterocycles.